The molecule has 3 fully saturated rings. The van der Waals surface area contributed by atoms with Crippen LogP contribution in [0.1, 0.15) is 34.6 Å². The van der Waals surface area contributed by atoms with Crippen LogP contribution in [0.15, 0.2) is 35.4 Å². The molecule has 2 aromatic rings. The zero-order chi connectivity index (χ0) is 24.9. The average molecular weight is 481 g/mol. The van der Waals surface area contributed by atoms with Gasteiger partial charge in [-0.15, -0.1) is 0 Å². The molecule has 0 spiro atoms. The molecule has 0 aliphatic carbocycles. The van der Waals surface area contributed by atoms with E-state index in [1.807, 2.05) is 33.0 Å². The summed E-state index contributed by atoms with van der Waals surface area (Å²) in [6, 6.07) is 7.18. The predicted molar refractivity (Wildman–Crippen MR) is 138 cm³/mol. The lowest BCUT2D eigenvalue weighted by atomic mass is 9.80. The van der Waals surface area contributed by atoms with Gasteiger partial charge in [0.25, 0.3) is 5.56 Å². The van der Waals surface area contributed by atoms with Crippen molar-refractivity contribution in [2.45, 2.75) is 64.4 Å². The number of nitrogens with one attached hydrogen (secondary N) is 1. The highest BCUT2D eigenvalue weighted by molar-refractivity contribution is 6.62. The van der Waals surface area contributed by atoms with Gasteiger partial charge in [0.05, 0.1) is 42.8 Å². The summed E-state index contributed by atoms with van der Waals surface area (Å²) in [4.78, 5) is 22.4. The minimum atomic E-state index is -0.517. The molecule has 2 aromatic heterocycles. The molecule has 5 heterocycles. The summed E-state index contributed by atoms with van der Waals surface area (Å²) in [6.07, 6.45) is 3.60. The Balaban J connectivity index is 1.30. The fourth-order valence-electron chi connectivity index (χ4n) is 5.06. The molecule has 35 heavy (non-hydrogen) atoms. The van der Waals surface area contributed by atoms with Gasteiger partial charge in [-0.3, -0.25) is 9.69 Å². The van der Waals surface area contributed by atoms with Crippen molar-refractivity contribution >= 4 is 29.8 Å². The van der Waals surface area contributed by atoms with Crippen molar-refractivity contribution < 1.29 is 14.0 Å². The van der Waals surface area contributed by atoms with Crippen LogP contribution < -0.4 is 21.2 Å². The van der Waals surface area contributed by atoms with E-state index in [1.165, 1.54) is 0 Å². The van der Waals surface area contributed by atoms with E-state index >= 15 is 0 Å². The fraction of sp³-hybridized carbons (Fsp3) is 0.600. The third-order valence-corrected chi connectivity index (χ3v) is 7.66. The van der Waals surface area contributed by atoms with Gasteiger partial charge >= 0.3 is 7.12 Å². The van der Waals surface area contributed by atoms with Crippen LogP contribution in [0, 0.1) is 0 Å². The first-order valence-corrected chi connectivity index (χ1v) is 12.5. The molecule has 10 heteroatoms. The Morgan fingerprint density at radius 1 is 1.14 bits per heavy atom. The van der Waals surface area contributed by atoms with Crippen LogP contribution in [0.4, 0.5) is 17.2 Å². The Morgan fingerprint density at radius 3 is 2.51 bits per heavy atom. The molecular weight excluding hydrogens is 445 g/mol. The maximum atomic E-state index is 12.8. The number of aryl methyl sites for hydroxylation is 1. The molecule has 1 N–H and O–H groups in total. The van der Waals surface area contributed by atoms with Crippen LogP contribution in [-0.2, 0) is 21.1 Å². The van der Waals surface area contributed by atoms with Crippen LogP contribution in [0.2, 0.25) is 0 Å². The third kappa shape index (κ3) is 4.72. The number of piperazine rings is 1. The molecule has 3 aliphatic heterocycles. The van der Waals surface area contributed by atoms with Crippen molar-refractivity contribution in [2.75, 3.05) is 36.5 Å². The number of aromatic nitrogens is 2. The van der Waals surface area contributed by atoms with E-state index < -0.39 is 12.7 Å². The summed E-state index contributed by atoms with van der Waals surface area (Å²) in [5.41, 5.74) is 1.79. The molecule has 0 aromatic carbocycles. The third-order valence-electron chi connectivity index (χ3n) is 7.66. The van der Waals surface area contributed by atoms with Gasteiger partial charge in [-0.25, -0.2) is 4.98 Å². The van der Waals surface area contributed by atoms with E-state index in [9.17, 15) is 4.79 Å². The van der Waals surface area contributed by atoms with Crippen molar-refractivity contribution in [3.8, 4) is 0 Å². The molecule has 0 saturated carbocycles. The first kappa shape index (κ1) is 24.3. The number of rotatable bonds is 5. The van der Waals surface area contributed by atoms with Gasteiger partial charge in [-0.2, -0.15) is 0 Å². The number of pyridine rings is 2. The number of ether oxygens (including phenoxy) is 1. The van der Waals surface area contributed by atoms with Crippen molar-refractivity contribution in [3.63, 3.8) is 0 Å². The van der Waals surface area contributed by atoms with E-state index in [-0.39, 0.29) is 11.7 Å². The van der Waals surface area contributed by atoms with Gasteiger partial charge < -0.3 is 28.8 Å². The van der Waals surface area contributed by atoms with E-state index in [4.69, 9.17) is 14.0 Å². The zero-order valence-corrected chi connectivity index (χ0v) is 21.5. The Hall–Kier alpha value is -2.40. The zero-order valence-electron chi connectivity index (χ0n) is 21.5. The average Bonchev–Trinajstić information content (AvgIpc) is 3.05. The molecule has 3 aliphatic rings. The predicted octanol–water partition coefficient (Wildman–Crippen LogP) is 1.73. The Labute approximate surface area is 207 Å². The minimum absolute atomic E-state index is 0.0515. The maximum Gasteiger partial charge on any atom is 0.496 e. The highest BCUT2D eigenvalue weighted by Gasteiger charge is 2.44. The molecule has 0 bridgehead atoms. The van der Waals surface area contributed by atoms with E-state index in [0.717, 1.165) is 37.5 Å². The van der Waals surface area contributed by atoms with Crippen LogP contribution >= 0.6 is 0 Å². The van der Waals surface area contributed by atoms with Crippen LogP contribution in [0.5, 0.6) is 0 Å². The first-order valence-electron chi connectivity index (χ1n) is 12.5. The van der Waals surface area contributed by atoms with E-state index in [1.54, 1.807) is 23.9 Å². The number of hydrogen-bond acceptors (Lipinski definition) is 8. The maximum absolute atomic E-state index is 12.8. The molecule has 3 saturated heterocycles. The topological polar surface area (TPSA) is 81.1 Å². The number of nitrogens with zero attached hydrogens (tertiary/aromatic N) is 4. The summed E-state index contributed by atoms with van der Waals surface area (Å²) in [6.45, 7) is 14.2. The number of anilines is 3. The second-order valence-corrected chi connectivity index (χ2v) is 10.7. The smallest absolute Gasteiger partial charge is 0.402 e. The molecule has 0 amide bonds. The molecule has 3 atom stereocenters. The van der Waals surface area contributed by atoms with Crippen molar-refractivity contribution in [3.05, 3.63) is 40.9 Å². The molecular formula is C25H36BN5O4. The monoisotopic (exact) mass is 481 g/mol. The lowest BCUT2D eigenvalue weighted by Gasteiger charge is -2.50. The first-order chi connectivity index (χ1) is 16.6. The van der Waals surface area contributed by atoms with Crippen molar-refractivity contribution in [2.24, 2.45) is 7.05 Å². The summed E-state index contributed by atoms with van der Waals surface area (Å²) in [5.74, 6) is 0.621. The highest BCUT2D eigenvalue weighted by atomic mass is 16.7. The normalized spacial score (nSPS) is 27.2. The Bertz CT molecular complexity index is 1120. The van der Waals surface area contributed by atoms with E-state index in [0.29, 0.717) is 29.6 Å². The molecule has 9 nitrogen and oxygen atoms in total. The van der Waals surface area contributed by atoms with E-state index in [2.05, 4.69) is 40.0 Å². The Kier molecular flexibility index (Phi) is 6.42. The van der Waals surface area contributed by atoms with Gasteiger partial charge in [-0.1, -0.05) is 0 Å². The molecule has 0 radical (unpaired) electrons. The molecule has 188 valence electrons. The van der Waals surface area contributed by atoms with Crippen molar-refractivity contribution in [1.29, 1.82) is 0 Å². The molecule has 1 unspecified atom stereocenters. The Morgan fingerprint density at radius 2 is 1.91 bits per heavy atom. The fourth-order valence-corrected chi connectivity index (χ4v) is 5.06. The summed E-state index contributed by atoms with van der Waals surface area (Å²) in [7, 11) is 1.21. The molecule has 5 rings (SSSR count). The highest BCUT2D eigenvalue weighted by Crippen LogP contribution is 2.28. The minimum Gasteiger partial charge on any atom is -0.402 e. The standard InChI is InChI=1S/C25H36BN5O4/c1-16-12-31(21-14-33-15-21)17(2)11-30(16)20-7-8-23(27-10-20)28-22-9-19(13-29(6)24(22)32)26-34-18(3)25(4,5)35-26/h7-10,13,16-18,21H,11-12,14-15H2,1-6H3,(H,27,28)/t16-,17+,18?/m0/s1. The summed E-state index contributed by atoms with van der Waals surface area (Å²) >= 11 is 0. The lowest BCUT2D eigenvalue weighted by molar-refractivity contribution is -0.0828. The van der Waals surface area contributed by atoms with Crippen molar-refractivity contribution in [1.82, 2.24) is 14.5 Å². The van der Waals surface area contributed by atoms with Gasteiger partial charge in [0.1, 0.15) is 11.5 Å². The van der Waals surface area contributed by atoms with Gasteiger partial charge in [0, 0.05) is 43.9 Å². The SMILES string of the molecule is CC1OB(c2cc(Nc3ccc(N4C[C@@H](C)N(C5COC5)C[C@@H]4C)cn3)c(=O)n(C)c2)OC1(C)C. The van der Waals surface area contributed by atoms with Gasteiger partial charge in [0.15, 0.2) is 0 Å². The van der Waals surface area contributed by atoms with Crippen LogP contribution in [0.25, 0.3) is 0 Å². The summed E-state index contributed by atoms with van der Waals surface area (Å²) < 4.78 is 19.0. The van der Waals surface area contributed by atoms with Crippen LogP contribution in [-0.4, -0.2) is 77.7 Å². The quantitative estimate of drug-likeness (QED) is 0.647. The second-order valence-electron chi connectivity index (χ2n) is 10.7. The second kappa shape index (κ2) is 9.24. The summed E-state index contributed by atoms with van der Waals surface area (Å²) in [5, 5.41) is 3.20. The van der Waals surface area contributed by atoms with Gasteiger partial charge in [-0.05, 0) is 52.8 Å². The van der Waals surface area contributed by atoms with Crippen LogP contribution in [0.3, 0.4) is 0 Å². The van der Waals surface area contributed by atoms with Gasteiger partial charge in [0.2, 0.25) is 0 Å². The number of hydrogen-bond donors (Lipinski definition) is 1. The lowest BCUT2D eigenvalue weighted by Crippen LogP contribution is -2.63. The largest absolute Gasteiger partial charge is 0.496 e.